The smallest absolute Gasteiger partial charge is 0.251 e. The third kappa shape index (κ3) is 7.59. The molecular formula is C22H30IN7OS. The molecule has 10 heteroatoms. The van der Waals surface area contributed by atoms with Crippen LogP contribution in [0.4, 0.5) is 0 Å². The standard InChI is InChI=1S/C22H29N7OS.HI/c1-16-27-28-20(29(16)3)15-26-22(25-12-10-19-8-5-13-31-19)24-11-9-17-6-4-7-18(14-17)21(30)23-2;/h4-8,13-14H,9-12,15H2,1-3H3,(H,23,30)(H2,24,25,26);1H. The second kappa shape index (κ2) is 13.2. The number of guanidine groups is 1. The number of rotatable bonds is 9. The first-order valence-electron chi connectivity index (χ1n) is 10.3. The molecule has 32 heavy (non-hydrogen) atoms. The summed E-state index contributed by atoms with van der Waals surface area (Å²) in [6, 6.07) is 11.9. The first-order valence-corrected chi connectivity index (χ1v) is 11.1. The van der Waals surface area contributed by atoms with Crippen molar-refractivity contribution in [3.05, 3.63) is 69.4 Å². The number of aryl methyl sites for hydroxylation is 1. The molecule has 0 atom stereocenters. The van der Waals surface area contributed by atoms with Crippen LogP contribution in [0.2, 0.25) is 0 Å². The molecule has 0 aliphatic rings. The van der Waals surface area contributed by atoms with Gasteiger partial charge < -0.3 is 20.5 Å². The molecule has 172 valence electrons. The molecule has 0 saturated carbocycles. The number of carbonyl (C=O) groups is 1. The normalized spacial score (nSPS) is 11.0. The molecule has 2 aromatic heterocycles. The lowest BCUT2D eigenvalue weighted by Crippen LogP contribution is -2.39. The molecule has 0 aliphatic carbocycles. The number of nitrogens with zero attached hydrogens (tertiary/aromatic N) is 4. The largest absolute Gasteiger partial charge is 0.356 e. The molecule has 8 nitrogen and oxygen atoms in total. The lowest BCUT2D eigenvalue weighted by molar-refractivity contribution is 0.0963. The summed E-state index contributed by atoms with van der Waals surface area (Å²) in [5.41, 5.74) is 1.76. The molecule has 1 amide bonds. The number of carbonyl (C=O) groups excluding carboxylic acids is 1. The second-order valence-electron chi connectivity index (χ2n) is 7.10. The van der Waals surface area contributed by atoms with Gasteiger partial charge >= 0.3 is 0 Å². The van der Waals surface area contributed by atoms with Gasteiger partial charge in [-0.15, -0.1) is 45.5 Å². The minimum Gasteiger partial charge on any atom is -0.356 e. The molecular weight excluding hydrogens is 537 g/mol. The van der Waals surface area contributed by atoms with E-state index in [1.807, 2.05) is 42.8 Å². The SMILES string of the molecule is CNC(=O)c1cccc(CCNC(=NCc2nnc(C)n2C)NCCc2cccs2)c1.I. The molecule has 0 aliphatic heterocycles. The molecule has 0 spiro atoms. The van der Waals surface area contributed by atoms with Crippen molar-refractivity contribution in [2.24, 2.45) is 12.0 Å². The van der Waals surface area contributed by atoms with E-state index < -0.39 is 0 Å². The number of benzene rings is 1. The highest BCUT2D eigenvalue weighted by atomic mass is 127. The molecule has 0 radical (unpaired) electrons. The Balaban J connectivity index is 0.00000363. The number of aliphatic imine (C=N–C) groups is 1. The van der Waals surface area contributed by atoms with Gasteiger partial charge in [0, 0.05) is 37.6 Å². The first kappa shape index (κ1) is 25.8. The highest BCUT2D eigenvalue weighted by Gasteiger charge is 2.07. The zero-order chi connectivity index (χ0) is 22.1. The molecule has 0 bridgehead atoms. The molecule has 2 heterocycles. The van der Waals surface area contributed by atoms with Gasteiger partial charge in [0.25, 0.3) is 5.91 Å². The lowest BCUT2D eigenvalue weighted by Gasteiger charge is -2.13. The van der Waals surface area contributed by atoms with Crippen LogP contribution >= 0.6 is 35.3 Å². The van der Waals surface area contributed by atoms with Crippen LogP contribution in [-0.4, -0.2) is 46.8 Å². The Morgan fingerprint density at radius 3 is 2.56 bits per heavy atom. The highest BCUT2D eigenvalue weighted by Crippen LogP contribution is 2.08. The fourth-order valence-electron chi connectivity index (χ4n) is 3.01. The Bertz CT molecular complexity index is 1020. The number of hydrogen-bond acceptors (Lipinski definition) is 5. The minimum absolute atomic E-state index is 0. The summed E-state index contributed by atoms with van der Waals surface area (Å²) < 4.78 is 1.94. The summed E-state index contributed by atoms with van der Waals surface area (Å²) in [5.74, 6) is 2.34. The summed E-state index contributed by atoms with van der Waals surface area (Å²) in [7, 11) is 3.58. The topological polar surface area (TPSA) is 96.2 Å². The van der Waals surface area contributed by atoms with Crippen molar-refractivity contribution in [2.75, 3.05) is 20.1 Å². The lowest BCUT2D eigenvalue weighted by atomic mass is 10.1. The quantitative estimate of drug-likeness (QED) is 0.210. The van der Waals surface area contributed by atoms with E-state index in [0.717, 1.165) is 42.6 Å². The average molecular weight is 568 g/mol. The average Bonchev–Trinajstić information content (AvgIpc) is 3.41. The molecule has 3 N–H and O–H groups in total. The van der Waals surface area contributed by atoms with Crippen LogP contribution in [0.3, 0.4) is 0 Å². The predicted molar refractivity (Wildman–Crippen MR) is 140 cm³/mol. The maximum absolute atomic E-state index is 11.8. The van der Waals surface area contributed by atoms with E-state index in [-0.39, 0.29) is 29.9 Å². The van der Waals surface area contributed by atoms with Gasteiger partial charge in [0.05, 0.1) is 0 Å². The Morgan fingerprint density at radius 2 is 1.91 bits per heavy atom. The molecule has 0 unspecified atom stereocenters. The number of thiophene rings is 1. The Hall–Kier alpha value is -2.47. The zero-order valence-corrected chi connectivity index (χ0v) is 21.7. The van der Waals surface area contributed by atoms with E-state index in [1.165, 1.54) is 4.88 Å². The van der Waals surface area contributed by atoms with E-state index in [0.29, 0.717) is 18.7 Å². The highest BCUT2D eigenvalue weighted by molar-refractivity contribution is 14.0. The van der Waals surface area contributed by atoms with Gasteiger partial charge in [-0.2, -0.15) is 0 Å². The molecule has 0 saturated heterocycles. The van der Waals surface area contributed by atoms with Gasteiger partial charge in [-0.3, -0.25) is 4.79 Å². The Morgan fingerprint density at radius 1 is 1.12 bits per heavy atom. The van der Waals surface area contributed by atoms with Crippen molar-refractivity contribution in [1.82, 2.24) is 30.7 Å². The van der Waals surface area contributed by atoms with Gasteiger partial charge in [-0.05, 0) is 48.9 Å². The fraction of sp³-hybridized carbons (Fsp3) is 0.364. The summed E-state index contributed by atoms with van der Waals surface area (Å²) in [4.78, 5) is 17.9. The fourth-order valence-corrected chi connectivity index (χ4v) is 3.72. The summed E-state index contributed by atoms with van der Waals surface area (Å²) in [6.07, 6.45) is 1.72. The molecule has 0 fully saturated rings. The third-order valence-electron chi connectivity index (χ3n) is 4.93. The minimum atomic E-state index is -0.0775. The zero-order valence-electron chi connectivity index (χ0n) is 18.6. The van der Waals surface area contributed by atoms with Crippen molar-refractivity contribution in [3.63, 3.8) is 0 Å². The van der Waals surface area contributed by atoms with Gasteiger partial charge in [-0.1, -0.05) is 18.2 Å². The second-order valence-corrected chi connectivity index (χ2v) is 8.13. The van der Waals surface area contributed by atoms with E-state index in [1.54, 1.807) is 18.4 Å². The van der Waals surface area contributed by atoms with Crippen LogP contribution in [0, 0.1) is 6.92 Å². The van der Waals surface area contributed by atoms with Crippen molar-refractivity contribution in [2.45, 2.75) is 26.3 Å². The molecule has 3 rings (SSSR count). The van der Waals surface area contributed by atoms with Crippen molar-refractivity contribution in [3.8, 4) is 0 Å². The Labute approximate surface area is 210 Å². The number of hydrogen-bond donors (Lipinski definition) is 3. The van der Waals surface area contributed by atoms with E-state index in [4.69, 9.17) is 0 Å². The van der Waals surface area contributed by atoms with Gasteiger partial charge in [0.2, 0.25) is 0 Å². The monoisotopic (exact) mass is 567 g/mol. The number of amides is 1. The maximum Gasteiger partial charge on any atom is 0.251 e. The maximum atomic E-state index is 11.8. The van der Waals surface area contributed by atoms with Crippen LogP contribution < -0.4 is 16.0 Å². The van der Waals surface area contributed by atoms with Crippen molar-refractivity contribution in [1.29, 1.82) is 0 Å². The van der Waals surface area contributed by atoms with Crippen molar-refractivity contribution < 1.29 is 4.79 Å². The first-order chi connectivity index (χ1) is 15.1. The number of nitrogens with one attached hydrogen (secondary N) is 3. The third-order valence-corrected chi connectivity index (χ3v) is 5.86. The van der Waals surface area contributed by atoms with Crippen molar-refractivity contribution >= 4 is 47.2 Å². The van der Waals surface area contributed by atoms with Crippen LogP contribution in [0.15, 0.2) is 46.8 Å². The summed E-state index contributed by atoms with van der Waals surface area (Å²) in [6.45, 7) is 3.85. The molecule has 1 aromatic carbocycles. The van der Waals surface area contributed by atoms with Crippen LogP contribution in [0.25, 0.3) is 0 Å². The van der Waals surface area contributed by atoms with Crippen LogP contribution in [-0.2, 0) is 26.4 Å². The van der Waals surface area contributed by atoms with Crippen LogP contribution in [0.1, 0.15) is 32.4 Å². The summed E-state index contributed by atoms with van der Waals surface area (Å²) >= 11 is 1.76. The van der Waals surface area contributed by atoms with Gasteiger partial charge in [0.15, 0.2) is 11.8 Å². The molecule has 3 aromatic rings. The Kier molecular flexibility index (Phi) is 10.6. The summed E-state index contributed by atoms with van der Waals surface area (Å²) in [5, 5.41) is 19.8. The van der Waals surface area contributed by atoms with E-state index >= 15 is 0 Å². The van der Waals surface area contributed by atoms with Gasteiger partial charge in [-0.25, -0.2) is 4.99 Å². The number of halogens is 1. The predicted octanol–water partition coefficient (Wildman–Crippen LogP) is 2.68. The van der Waals surface area contributed by atoms with E-state index in [9.17, 15) is 4.79 Å². The van der Waals surface area contributed by atoms with Gasteiger partial charge in [0.1, 0.15) is 12.4 Å². The number of aromatic nitrogens is 3. The van der Waals surface area contributed by atoms with E-state index in [2.05, 4.69) is 48.7 Å². The van der Waals surface area contributed by atoms with Crippen LogP contribution in [0.5, 0.6) is 0 Å².